The molecule has 4 aromatic rings. The molecule has 0 unspecified atom stereocenters. The molecule has 0 bridgehead atoms. The molecule has 0 amide bonds. The van der Waals surface area contributed by atoms with Gasteiger partial charge in [0.25, 0.3) is 0 Å². The lowest BCUT2D eigenvalue weighted by Gasteiger charge is -2.12. The van der Waals surface area contributed by atoms with Gasteiger partial charge in [0.1, 0.15) is 0 Å². The lowest BCUT2D eigenvalue weighted by atomic mass is 9.91. The van der Waals surface area contributed by atoms with Crippen LogP contribution in [0, 0.1) is 6.07 Å². The first-order valence-electron chi connectivity index (χ1n) is 7.46. The molecule has 0 aliphatic rings. The number of rotatable bonds is 2. The first-order valence-corrected chi connectivity index (χ1v) is 7.46. The van der Waals surface area contributed by atoms with Gasteiger partial charge >= 0.3 is 0 Å². The zero-order valence-corrected chi connectivity index (χ0v) is 12.2. The molecule has 0 nitrogen and oxygen atoms in total. The smallest absolute Gasteiger partial charge is 0.00990 e. The first kappa shape index (κ1) is 12.8. The fourth-order valence-electron chi connectivity index (χ4n) is 2.89. The molecule has 0 heterocycles. The predicted octanol–water partition coefficient (Wildman–Crippen LogP) is 5.97. The molecule has 0 saturated heterocycles. The fourth-order valence-corrected chi connectivity index (χ4v) is 2.89. The molecule has 0 fully saturated rings. The molecule has 0 atom stereocenters. The monoisotopic (exact) mass is 279 g/mol. The maximum absolute atomic E-state index is 3.17. The van der Waals surface area contributed by atoms with Crippen molar-refractivity contribution >= 4 is 10.8 Å². The number of fused-ring (bicyclic) bond motifs is 1. The minimum Gasteiger partial charge on any atom is -0.0622 e. The van der Waals surface area contributed by atoms with Crippen LogP contribution in [-0.2, 0) is 0 Å². The standard InChI is InChI=1S/C22H15/c1-3-9-17(10-4-1)21-15-19-13-7-8-14-20(19)16-22(21)18-11-5-2-6-12-18/h1-7,9-16H. The van der Waals surface area contributed by atoms with E-state index in [9.17, 15) is 0 Å². The molecule has 4 rings (SSSR count). The van der Waals surface area contributed by atoms with E-state index < -0.39 is 0 Å². The summed E-state index contributed by atoms with van der Waals surface area (Å²) in [6, 6.07) is 35.0. The third-order valence-corrected chi connectivity index (χ3v) is 3.99. The molecule has 0 N–H and O–H groups in total. The molecular weight excluding hydrogens is 264 g/mol. The minimum absolute atomic E-state index is 1.22. The molecule has 0 aromatic heterocycles. The van der Waals surface area contributed by atoms with E-state index in [-0.39, 0.29) is 0 Å². The second-order valence-electron chi connectivity index (χ2n) is 5.40. The van der Waals surface area contributed by atoms with E-state index in [4.69, 9.17) is 0 Å². The Kier molecular flexibility index (Phi) is 3.21. The van der Waals surface area contributed by atoms with Gasteiger partial charge in [-0.25, -0.2) is 0 Å². The van der Waals surface area contributed by atoms with Crippen LogP contribution in [0.2, 0.25) is 0 Å². The molecular formula is C22H15. The summed E-state index contributed by atoms with van der Waals surface area (Å²) < 4.78 is 0. The molecule has 103 valence electrons. The Morgan fingerprint density at radius 2 is 1.09 bits per heavy atom. The van der Waals surface area contributed by atoms with Crippen LogP contribution in [0.25, 0.3) is 33.0 Å². The highest BCUT2D eigenvalue weighted by Crippen LogP contribution is 2.35. The zero-order valence-electron chi connectivity index (χ0n) is 12.2. The number of hydrogen-bond acceptors (Lipinski definition) is 0. The fraction of sp³-hybridized carbons (Fsp3) is 0. The van der Waals surface area contributed by atoms with Gasteiger partial charge in [0.15, 0.2) is 0 Å². The van der Waals surface area contributed by atoms with E-state index in [0.717, 1.165) is 0 Å². The van der Waals surface area contributed by atoms with Gasteiger partial charge in [0, 0.05) is 0 Å². The van der Waals surface area contributed by atoms with Crippen LogP contribution >= 0.6 is 0 Å². The van der Waals surface area contributed by atoms with E-state index in [1.165, 1.54) is 33.0 Å². The van der Waals surface area contributed by atoms with Gasteiger partial charge in [-0.15, -0.1) is 0 Å². The SMILES string of the molecule is [c]1ccc2cc(-c3ccccc3)c(-c3ccccc3)cc2c1. The summed E-state index contributed by atoms with van der Waals surface area (Å²) in [5, 5.41) is 2.47. The van der Waals surface area contributed by atoms with Crippen molar-refractivity contribution in [3.05, 3.63) is 97.1 Å². The van der Waals surface area contributed by atoms with Crippen LogP contribution in [0.3, 0.4) is 0 Å². The van der Waals surface area contributed by atoms with Crippen LogP contribution < -0.4 is 0 Å². The maximum Gasteiger partial charge on any atom is -0.00990 e. The Hall–Kier alpha value is -2.86. The highest BCUT2D eigenvalue weighted by molar-refractivity contribution is 5.96. The van der Waals surface area contributed by atoms with Gasteiger partial charge in [0.2, 0.25) is 0 Å². The molecule has 4 aromatic carbocycles. The predicted molar refractivity (Wildman–Crippen MR) is 93.7 cm³/mol. The van der Waals surface area contributed by atoms with Crippen molar-refractivity contribution in [2.45, 2.75) is 0 Å². The highest BCUT2D eigenvalue weighted by atomic mass is 14.1. The van der Waals surface area contributed by atoms with Crippen molar-refractivity contribution in [3.63, 3.8) is 0 Å². The van der Waals surface area contributed by atoms with Gasteiger partial charge < -0.3 is 0 Å². The third kappa shape index (κ3) is 2.29. The Morgan fingerprint density at radius 1 is 0.545 bits per heavy atom. The van der Waals surface area contributed by atoms with Gasteiger partial charge in [-0.2, -0.15) is 0 Å². The van der Waals surface area contributed by atoms with Gasteiger partial charge in [0.05, 0.1) is 0 Å². The van der Waals surface area contributed by atoms with Crippen LogP contribution in [0.5, 0.6) is 0 Å². The van der Waals surface area contributed by atoms with E-state index >= 15 is 0 Å². The highest BCUT2D eigenvalue weighted by Gasteiger charge is 2.09. The van der Waals surface area contributed by atoms with Crippen LogP contribution in [0.15, 0.2) is 91.0 Å². The summed E-state index contributed by atoms with van der Waals surface area (Å²) in [7, 11) is 0. The molecule has 0 aliphatic heterocycles. The largest absolute Gasteiger partial charge is 0.0622 e. The van der Waals surface area contributed by atoms with Crippen molar-refractivity contribution in [2.24, 2.45) is 0 Å². The van der Waals surface area contributed by atoms with Gasteiger partial charge in [-0.05, 0) is 57.3 Å². The van der Waals surface area contributed by atoms with Crippen molar-refractivity contribution in [1.82, 2.24) is 0 Å². The quantitative estimate of drug-likeness (QED) is 0.424. The van der Waals surface area contributed by atoms with E-state index in [1.54, 1.807) is 0 Å². The summed E-state index contributed by atoms with van der Waals surface area (Å²) in [6.45, 7) is 0. The van der Waals surface area contributed by atoms with Crippen molar-refractivity contribution < 1.29 is 0 Å². The summed E-state index contributed by atoms with van der Waals surface area (Å²) >= 11 is 0. The molecule has 0 spiro atoms. The molecule has 1 radical (unpaired) electrons. The van der Waals surface area contributed by atoms with Crippen LogP contribution in [-0.4, -0.2) is 0 Å². The van der Waals surface area contributed by atoms with Crippen molar-refractivity contribution in [3.8, 4) is 22.3 Å². The zero-order chi connectivity index (χ0) is 14.8. The topological polar surface area (TPSA) is 0 Å². The van der Waals surface area contributed by atoms with Gasteiger partial charge in [-0.1, -0.05) is 72.8 Å². The average Bonchev–Trinajstić information content (AvgIpc) is 2.62. The number of hydrogen-bond donors (Lipinski definition) is 0. The first-order chi connectivity index (χ1) is 10.9. The van der Waals surface area contributed by atoms with Crippen LogP contribution in [0.4, 0.5) is 0 Å². The Balaban J connectivity index is 2.04. The van der Waals surface area contributed by atoms with E-state index in [2.05, 4.69) is 91.0 Å². The molecule has 0 saturated carbocycles. The second kappa shape index (κ2) is 5.50. The third-order valence-electron chi connectivity index (χ3n) is 3.99. The molecule has 22 heavy (non-hydrogen) atoms. The van der Waals surface area contributed by atoms with E-state index in [0.29, 0.717) is 0 Å². The number of benzene rings is 4. The summed E-state index contributed by atoms with van der Waals surface area (Å²) in [4.78, 5) is 0. The second-order valence-corrected chi connectivity index (χ2v) is 5.40. The van der Waals surface area contributed by atoms with Gasteiger partial charge in [-0.3, -0.25) is 0 Å². The lowest BCUT2D eigenvalue weighted by molar-refractivity contribution is 1.60. The minimum atomic E-state index is 1.22. The maximum atomic E-state index is 3.17. The summed E-state index contributed by atoms with van der Waals surface area (Å²) in [5.41, 5.74) is 5.02. The van der Waals surface area contributed by atoms with Crippen molar-refractivity contribution in [2.75, 3.05) is 0 Å². The van der Waals surface area contributed by atoms with E-state index in [1.807, 2.05) is 6.07 Å². The van der Waals surface area contributed by atoms with Crippen molar-refractivity contribution in [1.29, 1.82) is 0 Å². The molecule has 0 heteroatoms. The Bertz CT molecular complexity index is 828. The summed E-state index contributed by atoms with van der Waals surface area (Å²) in [5.74, 6) is 0. The lowest BCUT2D eigenvalue weighted by Crippen LogP contribution is -1.86. The Labute approximate surface area is 130 Å². The normalized spacial score (nSPS) is 10.7. The summed E-state index contributed by atoms with van der Waals surface area (Å²) in [6.07, 6.45) is 0. The average molecular weight is 279 g/mol. The molecule has 0 aliphatic carbocycles. The van der Waals surface area contributed by atoms with Crippen LogP contribution in [0.1, 0.15) is 0 Å². The Morgan fingerprint density at radius 3 is 1.68 bits per heavy atom.